The third kappa shape index (κ3) is 3.09. The first-order valence-corrected chi connectivity index (χ1v) is 8.02. The predicted octanol–water partition coefficient (Wildman–Crippen LogP) is 2.41. The third-order valence-electron chi connectivity index (χ3n) is 3.72. The number of anilines is 1. The Morgan fingerprint density at radius 1 is 1.30 bits per heavy atom. The summed E-state index contributed by atoms with van der Waals surface area (Å²) in [4.78, 5) is -0.608. The SMILES string of the molecule is CCCC1(CNS(=O)(=O)c2cc(N)c(F)cc2F)CC1. The number of nitrogens with one attached hydrogen (secondary N) is 1. The van der Waals surface area contributed by atoms with Gasteiger partial charge in [0.15, 0.2) is 0 Å². The van der Waals surface area contributed by atoms with Gasteiger partial charge in [-0.15, -0.1) is 0 Å². The first-order chi connectivity index (χ1) is 9.30. The lowest BCUT2D eigenvalue weighted by Gasteiger charge is -2.15. The van der Waals surface area contributed by atoms with Gasteiger partial charge >= 0.3 is 0 Å². The Labute approximate surface area is 117 Å². The van der Waals surface area contributed by atoms with Crippen molar-refractivity contribution in [2.24, 2.45) is 5.41 Å². The maximum absolute atomic E-state index is 13.6. The molecular weight excluding hydrogens is 286 g/mol. The molecule has 0 aromatic heterocycles. The highest BCUT2D eigenvalue weighted by Crippen LogP contribution is 2.49. The van der Waals surface area contributed by atoms with E-state index in [1.807, 2.05) is 6.92 Å². The molecule has 1 fully saturated rings. The molecule has 112 valence electrons. The lowest BCUT2D eigenvalue weighted by molar-refractivity contribution is 0.448. The number of halogens is 2. The molecular formula is C13H18F2N2O2S. The van der Waals surface area contributed by atoms with Gasteiger partial charge in [-0.1, -0.05) is 13.3 Å². The highest BCUT2D eigenvalue weighted by molar-refractivity contribution is 7.89. The van der Waals surface area contributed by atoms with Gasteiger partial charge in [-0.3, -0.25) is 0 Å². The van der Waals surface area contributed by atoms with Crippen molar-refractivity contribution in [2.75, 3.05) is 12.3 Å². The van der Waals surface area contributed by atoms with Crippen LogP contribution in [0, 0.1) is 17.0 Å². The van der Waals surface area contributed by atoms with Gasteiger partial charge in [-0.05, 0) is 30.7 Å². The van der Waals surface area contributed by atoms with Crippen molar-refractivity contribution in [3.63, 3.8) is 0 Å². The number of benzene rings is 1. The van der Waals surface area contributed by atoms with Crippen molar-refractivity contribution in [3.8, 4) is 0 Å². The Morgan fingerprint density at radius 3 is 2.50 bits per heavy atom. The van der Waals surface area contributed by atoms with Gasteiger partial charge < -0.3 is 5.73 Å². The molecule has 7 heteroatoms. The minimum Gasteiger partial charge on any atom is -0.396 e. The maximum atomic E-state index is 13.6. The molecule has 0 bridgehead atoms. The van der Waals surface area contributed by atoms with E-state index in [9.17, 15) is 17.2 Å². The van der Waals surface area contributed by atoms with E-state index < -0.39 is 26.6 Å². The quantitative estimate of drug-likeness (QED) is 0.793. The fourth-order valence-electron chi connectivity index (χ4n) is 2.30. The van der Waals surface area contributed by atoms with E-state index in [1.54, 1.807) is 0 Å². The zero-order valence-corrected chi connectivity index (χ0v) is 12.1. The van der Waals surface area contributed by atoms with Crippen molar-refractivity contribution >= 4 is 15.7 Å². The second kappa shape index (κ2) is 5.29. The summed E-state index contributed by atoms with van der Waals surface area (Å²) in [6.45, 7) is 2.31. The molecule has 3 N–H and O–H groups in total. The molecule has 1 aromatic carbocycles. The van der Waals surface area contributed by atoms with Crippen LogP contribution in [0.3, 0.4) is 0 Å². The zero-order valence-electron chi connectivity index (χ0n) is 11.2. The van der Waals surface area contributed by atoms with E-state index >= 15 is 0 Å². The molecule has 0 radical (unpaired) electrons. The van der Waals surface area contributed by atoms with Crippen LogP contribution in [-0.4, -0.2) is 15.0 Å². The molecule has 0 unspecified atom stereocenters. The molecule has 0 saturated heterocycles. The second-order valence-electron chi connectivity index (χ2n) is 5.38. The number of hydrogen-bond donors (Lipinski definition) is 2. The van der Waals surface area contributed by atoms with Gasteiger partial charge in [0.05, 0.1) is 5.69 Å². The summed E-state index contributed by atoms with van der Waals surface area (Å²) in [5.74, 6) is -2.10. The van der Waals surface area contributed by atoms with Gasteiger partial charge in [0.2, 0.25) is 10.0 Å². The van der Waals surface area contributed by atoms with Crippen molar-refractivity contribution in [1.29, 1.82) is 0 Å². The van der Waals surface area contributed by atoms with Crippen LogP contribution in [0.1, 0.15) is 32.6 Å². The molecule has 1 aromatic rings. The van der Waals surface area contributed by atoms with E-state index in [-0.39, 0.29) is 17.6 Å². The fraction of sp³-hybridized carbons (Fsp3) is 0.538. The van der Waals surface area contributed by atoms with Crippen molar-refractivity contribution < 1.29 is 17.2 Å². The lowest BCUT2D eigenvalue weighted by Crippen LogP contribution is -2.31. The average Bonchev–Trinajstić information content (AvgIpc) is 3.12. The Morgan fingerprint density at radius 2 is 1.95 bits per heavy atom. The molecule has 1 aliphatic rings. The number of hydrogen-bond acceptors (Lipinski definition) is 3. The highest BCUT2D eigenvalue weighted by atomic mass is 32.2. The summed E-state index contributed by atoms with van der Waals surface area (Å²) in [5, 5.41) is 0. The smallest absolute Gasteiger partial charge is 0.243 e. The molecule has 2 rings (SSSR count). The molecule has 0 atom stereocenters. The normalized spacial score (nSPS) is 17.1. The molecule has 20 heavy (non-hydrogen) atoms. The van der Waals surface area contributed by atoms with Gasteiger partial charge in [-0.25, -0.2) is 21.9 Å². The van der Waals surface area contributed by atoms with Crippen LogP contribution in [0.25, 0.3) is 0 Å². The number of rotatable bonds is 6. The van der Waals surface area contributed by atoms with Crippen molar-refractivity contribution in [1.82, 2.24) is 4.72 Å². The summed E-state index contributed by atoms with van der Waals surface area (Å²) >= 11 is 0. The van der Waals surface area contributed by atoms with E-state index in [2.05, 4.69) is 4.72 Å². The predicted molar refractivity (Wildman–Crippen MR) is 72.5 cm³/mol. The Balaban J connectivity index is 2.17. The minimum atomic E-state index is -4.01. The minimum absolute atomic E-state index is 0.00384. The molecule has 1 aliphatic carbocycles. The molecule has 0 spiro atoms. The lowest BCUT2D eigenvalue weighted by atomic mass is 10.0. The van der Waals surface area contributed by atoms with E-state index in [0.29, 0.717) is 6.07 Å². The first-order valence-electron chi connectivity index (χ1n) is 6.54. The second-order valence-corrected chi connectivity index (χ2v) is 7.11. The standard InChI is InChI=1S/C13H18F2N2O2S/c1-2-3-13(4-5-13)8-17-20(18,19)12-7-11(16)9(14)6-10(12)15/h6-7,17H,2-5,8,16H2,1H3. The van der Waals surface area contributed by atoms with Crippen LogP contribution < -0.4 is 10.5 Å². The summed E-state index contributed by atoms with van der Waals surface area (Å²) in [6.07, 6.45) is 3.85. The van der Waals surface area contributed by atoms with Crippen LogP contribution in [-0.2, 0) is 10.0 Å². The largest absolute Gasteiger partial charge is 0.396 e. The number of nitrogens with two attached hydrogens (primary N) is 1. The maximum Gasteiger partial charge on any atom is 0.243 e. The summed E-state index contributed by atoms with van der Waals surface area (Å²) in [5.41, 5.74) is 4.91. The molecule has 0 aliphatic heterocycles. The molecule has 0 amide bonds. The van der Waals surface area contributed by atoms with E-state index in [4.69, 9.17) is 5.73 Å². The monoisotopic (exact) mass is 304 g/mol. The summed E-state index contributed by atoms with van der Waals surface area (Å²) < 4.78 is 53.2. The van der Waals surface area contributed by atoms with Crippen LogP contribution >= 0.6 is 0 Å². The van der Waals surface area contributed by atoms with Crippen LogP contribution in [0.15, 0.2) is 17.0 Å². The van der Waals surface area contributed by atoms with Gasteiger partial charge in [-0.2, -0.15) is 0 Å². The Hall–Kier alpha value is -1.21. The molecule has 0 heterocycles. The highest BCUT2D eigenvalue weighted by Gasteiger charge is 2.42. The fourth-order valence-corrected chi connectivity index (χ4v) is 3.55. The third-order valence-corrected chi connectivity index (χ3v) is 5.13. The van der Waals surface area contributed by atoms with Crippen molar-refractivity contribution in [2.45, 2.75) is 37.5 Å². The summed E-state index contributed by atoms with van der Waals surface area (Å²) in [7, 11) is -4.01. The zero-order chi connectivity index (χ0) is 15.0. The number of nitrogen functional groups attached to an aromatic ring is 1. The average molecular weight is 304 g/mol. The van der Waals surface area contributed by atoms with E-state index in [1.165, 1.54) is 0 Å². The van der Waals surface area contributed by atoms with Crippen LogP contribution in [0.4, 0.5) is 14.5 Å². The van der Waals surface area contributed by atoms with Crippen molar-refractivity contribution in [3.05, 3.63) is 23.8 Å². The molecule has 4 nitrogen and oxygen atoms in total. The Kier molecular flexibility index (Phi) is 4.02. The first kappa shape index (κ1) is 15.2. The summed E-state index contributed by atoms with van der Waals surface area (Å²) in [6, 6.07) is 1.30. The van der Waals surface area contributed by atoms with Gasteiger partial charge in [0.1, 0.15) is 16.5 Å². The topological polar surface area (TPSA) is 72.2 Å². The molecule has 1 saturated carbocycles. The van der Waals surface area contributed by atoms with E-state index in [0.717, 1.165) is 31.7 Å². The number of sulfonamides is 1. The van der Waals surface area contributed by atoms with Crippen LogP contribution in [0.2, 0.25) is 0 Å². The Bertz CT molecular complexity index is 613. The van der Waals surface area contributed by atoms with Gasteiger partial charge in [0.25, 0.3) is 0 Å². The van der Waals surface area contributed by atoms with Crippen LogP contribution in [0.5, 0.6) is 0 Å². The van der Waals surface area contributed by atoms with Gasteiger partial charge in [0, 0.05) is 12.6 Å².